The largest absolute Gasteiger partial charge is 0.490 e. The first-order valence-electron chi connectivity index (χ1n) is 5.63. The lowest BCUT2D eigenvalue weighted by atomic mass is 10.3. The maximum Gasteiger partial charge on any atom is 0.490 e. The number of hydrogen-bond donors (Lipinski definition) is 1. The summed E-state index contributed by atoms with van der Waals surface area (Å²) in [5.74, 6) is 0.806. The second kappa shape index (κ2) is 4.81. The van der Waals surface area contributed by atoms with E-state index >= 15 is 0 Å². The molecule has 0 aromatic carbocycles. The Morgan fingerprint density at radius 3 is 3.05 bits per heavy atom. The zero-order valence-corrected chi connectivity index (χ0v) is 11.2. The van der Waals surface area contributed by atoms with E-state index in [9.17, 15) is 10.1 Å². The molecule has 0 unspecified atom stereocenters. The molecule has 102 valence electrons. The van der Waals surface area contributed by atoms with Crippen LogP contribution in [0.2, 0.25) is 0 Å². The van der Waals surface area contributed by atoms with E-state index in [-0.39, 0.29) is 6.54 Å². The van der Waals surface area contributed by atoms with Crippen LogP contribution in [-0.4, -0.2) is 36.7 Å². The normalized spacial score (nSPS) is 10.8. The second-order valence-corrected chi connectivity index (χ2v) is 4.77. The van der Waals surface area contributed by atoms with Crippen molar-refractivity contribution in [2.75, 3.05) is 12.4 Å². The van der Waals surface area contributed by atoms with Gasteiger partial charge >= 0.3 is 5.95 Å². The van der Waals surface area contributed by atoms with E-state index < -0.39 is 10.9 Å². The van der Waals surface area contributed by atoms with Crippen LogP contribution in [0.1, 0.15) is 5.82 Å². The van der Waals surface area contributed by atoms with Crippen LogP contribution in [0.25, 0.3) is 10.2 Å². The quantitative estimate of drug-likeness (QED) is 0.569. The highest BCUT2D eigenvalue weighted by molar-refractivity contribution is 7.16. The van der Waals surface area contributed by atoms with Gasteiger partial charge in [0.05, 0.1) is 5.39 Å². The zero-order valence-electron chi connectivity index (χ0n) is 10.3. The lowest BCUT2D eigenvalue weighted by Crippen LogP contribution is -2.07. The smallest absolute Gasteiger partial charge is 0.390 e. The van der Waals surface area contributed by atoms with Crippen LogP contribution in [0.3, 0.4) is 0 Å². The van der Waals surface area contributed by atoms with Crippen LogP contribution in [-0.2, 0) is 6.54 Å². The van der Waals surface area contributed by atoms with E-state index in [4.69, 9.17) is 0 Å². The minimum Gasteiger partial charge on any atom is -0.390 e. The lowest BCUT2D eigenvalue weighted by Gasteiger charge is -2.03. The lowest BCUT2D eigenvalue weighted by molar-refractivity contribution is -0.394. The van der Waals surface area contributed by atoms with Gasteiger partial charge in [-0.2, -0.15) is 4.68 Å². The molecule has 0 saturated heterocycles. The molecule has 10 heteroatoms. The fourth-order valence-electron chi connectivity index (χ4n) is 1.75. The molecular formula is C10H9N7O2S. The Hall–Kier alpha value is -2.62. The van der Waals surface area contributed by atoms with Crippen molar-refractivity contribution in [3.8, 4) is 0 Å². The first-order chi connectivity index (χ1) is 9.67. The molecule has 0 saturated carbocycles. The Labute approximate surface area is 116 Å². The van der Waals surface area contributed by atoms with Gasteiger partial charge in [-0.15, -0.1) is 11.3 Å². The van der Waals surface area contributed by atoms with Gasteiger partial charge < -0.3 is 15.4 Å². The summed E-state index contributed by atoms with van der Waals surface area (Å²) >= 11 is 1.51. The summed E-state index contributed by atoms with van der Waals surface area (Å²) < 4.78 is 1.34. The van der Waals surface area contributed by atoms with E-state index in [0.717, 1.165) is 16.0 Å². The molecule has 3 aromatic heterocycles. The predicted octanol–water partition coefficient (Wildman–Crippen LogP) is 1.28. The molecular weight excluding hydrogens is 282 g/mol. The molecule has 3 rings (SSSR count). The van der Waals surface area contributed by atoms with Gasteiger partial charge in [-0.05, 0) is 16.4 Å². The third-order valence-corrected chi connectivity index (χ3v) is 3.41. The van der Waals surface area contributed by atoms with Crippen molar-refractivity contribution >= 4 is 33.3 Å². The van der Waals surface area contributed by atoms with E-state index in [2.05, 4.69) is 25.4 Å². The van der Waals surface area contributed by atoms with Crippen LogP contribution in [0.4, 0.5) is 11.8 Å². The monoisotopic (exact) mass is 291 g/mol. The summed E-state index contributed by atoms with van der Waals surface area (Å²) in [6.45, 7) is 0.226. The van der Waals surface area contributed by atoms with Crippen LogP contribution in [0, 0.1) is 10.1 Å². The number of fused-ring (bicyclic) bond motifs is 1. The first kappa shape index (κ1) is 12.4. The molecule has 0 aliphatic carbocycles. The van der Waals surface area contributed by atoms with E-state index in [1.54, 1.807) is 7.05 Å². The van der Waals surface area contributed by atoms with Crippen molar-refractivity contribution in [2.24, 2.45) is 0 Å². The third kappa shape index (κ3) is 2.16. The maximum atomic E-state index is 10.5. The maximum absolute atomic E-state index is 10.5. The van der Waals surface area contributed by atoms with Crippen molar-refractivity contribution in [2.45, 2.75) is 6.54 Å². The average Bonchev–Trinajstić information content (AvgIpc) is 3.06. The summed E-state index contributed by atoms with van der Waals surface area (Å²) in [6, 6.07) is 1.94. The van der Waals surface area contributed by atoms with Gasteiger partial charge in [0.1, 0.15) is 17.2 Å². The van der Waals surface area contributed by atoms with Crippen LogP contribution < -0.4 is 5.32 Å². The fourth-order valence-corrected chi connectivity index (χ4v) is 2.53. The van der Waals surface area contributed by atoms with E-state index in [1.807, 2.05) is 11.4 Å². The average molecular weight is 291 g/mol. The zero-order chi connectivity index (χ0) is 14.1. The summed E-state index contributed by atoms with van der Waals surface area (Å²) in [5.41, 5.74) is 0. The van der Waals surface area contributed by atoms with Crippen molar-refractivity contribution in [3.63, 3.8) is 0 Å². The number of nitrogens with one attached hydrogen (secondary N) is 1. The minimum absolute atomic E-state index is 0.226. The number of thiophene rings is 1. The van der Waals surface area contributed by atoms with Gasteiger partial charge in [0.25, 0.3) is 0 Å². The summed E-state index contributed by atoms with van der Waals surface area (Å²) in [4.78, 5) is 23.1. The highest BCUT2D eigenvalue weighted by Gasteiger charge is 2.15. The Bertz CT molecular complexity index is 781. The number of nitro groups is 1. The van der Waals surface area contributed by atoms with Crippen molar-refractivity contribution in [3.05, 3.63) is 33.7 Å². The summed E-state index contributed by atoms with van der Waals surface area (Å²) in [7, 11) is 1.78. The Morgan fingerprint density at radius 1 is 1.50 bits per heavy atom. The molecule has 3 aromatic rings. The number of rotatable bonds is 4. The second-order valence-electron chi connectivity index (χ2n) is 3.88. The first-order valence-corrected chi connectivity index (χ1v) is 6.51. The molecule has 0 bridgehead atoms. The molecule has 1 N–H and O–H groups in total. The Balaban J connectivity index is 1.95. The SMILES string of the molecule is CNc1nc(Cn2cnc([N+](=O)[O-])n2)nc2sccc12. The molecule has 0 spiro atoms. The third-order valence-electron chi connectivity index (χ3n) is 2.60. The highest BCUT2D eigenvalue weighted by Crippen LogP contribution is 2.24. The van der Waals surface area contributed by atoms with Gasteiger partial charge in [-0.3, -0.25) is 0 Å². The van der Waals surface area contributed by atoms with E-state index in [1.165, 1.54) is 22.3 Å². The fraction of sp³-hybridized carbons (Fsp3) is 0.200. The number of anilines is 1. The molecule has 0 amide bonds. The number of hydrogen-bond acceptors (Lipinski definition) is 8. The molecule has 20 heavy (non-hydrogen) atoms. The van der Waals surface area contributed by atoms with Crippen molar-refractivity contribution in [1.29, 1.82) is 0 Å². The molecule has 0 radical (unpaired) electrons. The molecule has 0 fully saturated rings. The van der Waals surface area contributed by atoms with Gasteiger partial charge in [-0.1, -0.05) is 4.98 Å². The minimum atomic E-state index is -0.640. The highest BCUT2D eigenvalue weighted by atomic mass is 32.1. The van der Waals surface area contributed by atoms with Crippen LogP contribution in [0.5, 0.6) is 0 Å². The molecule has 3 heterocycles. The molecule has 0 aliphatic heterocycles. The number of aromatic nitrogens is 5. The Kier molecular flexibility index (Phi) is 2.99. The molecule has 0 aliphatic rings. The van der Waals surface area contributed by atoms with Gasteiger partial charge in [0.2, 0.25) is 6.33 Å². The molecule has 0 atom stereocenters. The standard InChI is InChI=1S/C10H9N7O2S/c1-11-8-6-2-3-20-9(6)14-7(13-8)4-16-5-12-10(15-16)17(18)19/h2-3,5H,4H2,1H3,(H,11,13,14). The van der Waals surface area contributed by atoms with Gasteiger partial charge in [0.15, 0.2) is 5.82 Å². The summed E-state index contributed by atoms with van der Waals surface area (Å²) in [5, 5.41) is 20.2. The molecule has 9 nitrogen and oxygen atoms in total. The van der Waals surface area contributed by atoms with Gasteiger partial charge in [-0.25, -0.2) is 9.97 Å². The van der Waals surface area contributed by atoms with Crippen molar-refractivity contribution in [1.82, 2.24) is 24.7 Å². The van der Waals surface area contributed by atoms with Crippen molar-refractivity contribution < 1.29 is 4.92 Å². The topological polar surface area (TPSA) is 112 Å². The summed E-state index contributed by atoms with van der Waals surface area (Å²) in [6.07, 6.45) is 1.29. The predicted molar refractivity (Wildman–Crippen MR) is 72.7 cm³/mol. The van der Waals surface area contributed by atoms with Crippen LogP contribution in [0.15, 0.2) is 17.8 Å². The van der Waals surface area contributed by atoms with Crippen LogP contribution >= 0.6 is 11.3 Å². The Morgan fingerprint density at radius 2 is 2.35 bits per heavy atom. The van der Waals surface area contributed by atoms with E-state index in [0.29, 0.717) is 5.82 Å². The van der Waals surface area contributed by atoms with Gasteiger partial charge in [0, 0.05) is 12.1 Å². The number of nitrogens with zero attached hydrogens (tertiary/aromatic N) is 6.